The smallest absolute Gasteiger partial charge is 0.416 e. The van der Waals surface area contributed by atoms with Crippen LogP contribution in [0.4, 0.5) is 18.9 Å². The minimum Gasteiger partial charge on any atom is -0.481 e. The lowest BCUT2D eigenvalue weighted by atomic mass is 10.2. The largest absolute Gasteiger partial charge is 0.481 e. The van der Waals surface area contributed by atoms with E-state index in [1.54, 1.807) is 0 Å². The maximum atomic E-state index is 12.5. The molecule has 0 aliphatic rings. The predicted molar refractivity (Wildman–Crippen MR) is 64.6 cm³/mol. The second-order valence-corrected chi connectivity index (χ2v) is 4.58. The van der Waals surface area contributed by atoms with Gasteiger partial charge < -0.3 is 10.4 Å². The van der Waals surface area contributed by atoms with E-state index in [-0.39, 0.29) is 23.0 Å². The van der Waals surface area contributed by atoms with Gasteiger partial charge in [0.05, 0.1) is 12.0 Å². The van der Waals surface area contributed by atoms with Gasteiger partial charge in [0.1, 0.15) is 0 Å². The van der Waals surface area contributed by atoms with Crippen LogP contribution < -0.4 is 5.32 Å². The molecule has 1 aromatic carbocycles. The molecule has 0 unspecified atom stereocenters. The number of carbonyl (C=O) groups is 2. The summed E-state index contributed by atoms with van der Waals surface area (Å²) in [4.78, 5) is 21.6. The molecule has 1 rings (SSSR count). The van der Waals surface area contributed by atoms with Crippen molar-refractivity contribution in [3.8, 4) is 0 Å². The third-order valence-electron chi connectivity index (χ3n) is 2.07. The minimum atomic E-state index is -4.52. The molecule has 0 atom stereocenters. The van der Waals surface area contributed by atoms with Gasteiger partial charge in [0.25, 0.3) is 0 Å². The average molecular weight is 340 g/mol. The van der Waals surface area contributed by atoms with E-state index in [1.807, 2.05) is 0 Å². The van der Waals surface area contributed by atoms with E-state index < -0.39 is 23.6 Å². The average Bonchev–Trinajstić information content (AvgIpc) is 2.24. The maximum absolute atomic E-state index is 12.5. The van der Waals surface area contributed by atoms with Gasteiger partial charge in [-0.15, -0.1) is 0 Å². The zero-order chi connectivity index (χ0) is 14.6. The number of hydrogen-bond acceptors (Lipinski definition) is 2. The Labute approximate surface area is 114 Å². The first kappa shape index (κ1) is 15.5. The number of hydrogen-bond donors (Lipinski definition) is 2. The topological polar surface area (TPSA) is 66.4 Å². The molecule has 1 aromatic rings. The van der Waals surface area contributed by atoms with Crippen molar-refractivity contribution in [3.63, 3.8) is 0 Å². The van der Waals surface area contributed by atoms with Gasteiger partial charge in [-0.05, 0) is 18.2 Å². The molecule has 0 fully saturated rings. The Balaban J connectivity index is 2.81. The highest BCUT2D eigenvalue weighted by Gasteiger charge is 2.31. The second-order valence-electron chi connectivity index (χ2n) is 3.67. The number of amides is 1. The quantitative estimate of drug-likeness (QED) is 0.884. The fourth-order valence-electron chi connectivity index (χ4n) is 1.27. The number of carbonyl (C=O) groups excluding carboxylic acids is 1. The molecule has 104 valence electrons. The molecular weight excluding hydrogens is 331 g/mol. The zero-order valence-corrected chi connectivity index (χ0v) is 11.0. The van der Waals surface area contributed by atoms with Crippen LogP contribution in [-0.4, -0.2) is 17.0 Å². The summed E-state index contributed by atoms with van der Waals surface area (Å²) in [6.45, 7) is 0. The molecular formula is C11H9BrF3NO3. The molecule has 1 amide bonds. The van der Waals surface area contributed by atoms with E-state index in [4.69, 9.17) is 5.11 Å². The van der Waals surface area contributed by atoms with Crippen molar-refractivity contribution in [1.82, 2.24) is 0 Å². The van der Waals surface area contributed by atoms with Crippen molar-refractivity contribution in [2.75, 3.05) is 5.32 Å². The summed E-state index contributed by atoms with van der Waals surface area (Å²) in [5.41, 5.74) is -0.951. The van der Waals surface area contributed by atoms with Crippen LogP contribution in [0.5, 0.6) is 0 Å². The van der Waals surface area contributed by atoms with Crippen molar-refractivity contribution in [2.24, 2.45) is 0 Å². The van der Waals surface area contributed by atoms with Crippen LogP contribution in [0.25, 0.3) is 0 Å². The van der Waals surface area contributed by atoms with Gasteiger partial charge in [0.15, 0.2) is 0 Å². The standard InChI is InChI=1S/C11H9BrF3NO3/c12-7-3-6(11(13,14)15)4-8(5-7)16-9(17)1-2-10(18)19/h3-5H,1-2H2,(H,16,17)(H,18,19). The Morgan fingerprint density at radius 2 is 1.84 bits per heavy atom. The molecule has 0 aliphatic heterocycles. The van der Waals surface area contributed by atoms with Crippen molar-refractivity contribution >= 4 is 33.5 Å². The van der Waals surface area contributed by atoms with Gasteiger partial charge in [0, 0.05) is 16.6 Å². The third-order valence-corrected chi connectivity index (χ3v) is 2.53. The van der Waals surface area contributed by atoms with Crippen molar-refractivity contribution in [1.29, 1.82) is 0 Å². The number of carboxylic acid groups (broad SMARTS) is 1. The van der Waals surface area contributed by atoms with E-state index in [9.17, 15) is 22.8 Å². The summed E-state index contributed by atoms with van der Waals surface area (Å²) in [5.74, 6) is -1.81. The zero-order valence-electron chi connectivity index (χ0n) is 9.42. The van der Waals surface area contributed by atoms with Gasteiger partial charge in [-0.1, -0.05) is 15.9 Å². The van der Waals surface area contributed by atoms with E-state index in [2.05, 4.69) is 21.2 Å². The number of rotatable bonds is 4. The number of anilines is 1. The number of carboxylic acids is 1. The summed E-state index contributed by atoms with van der Waals surface area (Å²) in [6, 6.07) is 2.96. The molecule has 0 radical (unpaired) electrons. The van der Waals surface area contributed by atoms with Crippen LogP contribution in [0, 0.1) is 0 Å². The van der Waals surface area contributed by atoms with Crippen LogP contribution in [-0.2, 0) is 15.8 Å². The van der Waals surface area contributed by atoms with Gasteiger partial charge >= 0.3 is 12.1 Å². The van der Waals surface area contributed by atoms with Crippen LogP contribution >= 0.6 is 15.9 Å². The Hall–Kier alpha value is -1.57. The normalized spacial score (nSPS) is 11.2. The molecule has 0 saturated heterocycles. The van der Waals surface area contributed by atoms with E-state index >= 15 is 0 Å². The van der Waals surface area contributed by atoms with Crippen LogP contribution in [0.2, 0.25) is 0 Å². The fraction of sp³-hybridized carbons (Fsp3) is 0.273. The molecule has 4 nitrogen and oxygen atoms in total. The Bertz CT molecular complexity index is 502. The monoisotopic (exact) mass is 339 g/mol. The number of nitrogens with one attached hydrogen (secondary N) is 1. The molecule has 19 heavy (non-hydrogen) atoms. The molecule has 0 bridgehead atoms. The van der Waals surface area contributed by atoms with Crippen molar-refractivity contribution in [2.45, 2.75) is 19.0 Å². The predicted octanol–water partition coefficient (Wildman–Crippen LogP) is 3.27. The molecule has 0 aliphatic carbocycles. The van der Waals surface area contributed by atoms with E-state index in [0.717, 1.165) is 12.1 Å². The Morgan fingerprint density at radius 3 is 2.37 bits per heavy atom. The van der Waals surface area contributed by atoms with Crippen molar-refractivity contribution in [3.05, 3.63) is 28.2 Å². The van der Waals surface area contributed by atoms with E-state index in [1.165, 1.54) is 6.07 Å². The fourth-order valence-corrected chi connectivity index (χ4v) is 1.76. The SMILES string of the molecule is O=C(O)CCC(=O)Nc1cc(Br)cc(C(F)(F)F)c1. The highest BCUT2D eigenvalue weighted by Crippen LogP contribution is 2.33. The highest BCUT2D eigenvalue weighted by atomic mass is 79.9. The Morgan fingerprint density at radius 1 is 1.21 bits per heavy atom. The van der Waals surface area contributed by atoms with Gasteiger partial charge in [-0.3, -0.25) is 9.59 Å². The number of alkyl halides is 3. The molecule has 0 saturated carbocycles. The van der Waals surface area contributed by atoms with Gasteiger partial charge in [-0.25, -0.2) is 0 Å². The van der Waals surface area contributed by atoms with Crippen molar-refractivity contribution < 1.29 is 27.9 Å². The lowest BCUT2D eigenvalue weighted by Gasteiger charge is -2.10. The molecule has 2 N–H and O–H groups in total. The van der Waals surface area contributed by atoms with E-state index in [0.29, 0.717) is 0 Å². The number of halogens is 4. The summed E-state index contributed by atoms with van der Waals surface area (Å²) in [6.07, 6.45) is -5.21. The number of aliphatic carboxylic acids is 1. The van der Waals surface area contributed by atoms with Crippen LogP contribution in [0.15, 0.2) is 22.7 Å². The van der Waals surface area contributed by atoms with Gasteiger partial charge in [-0.2, -0.15) is 13.2 Å². The van der Waals surface area contributed by atoms with Gasteiger partial charge in [0.2, 0.25) is 5.91 Å². The molecule has 0 heterocycles. The minimum absolute atomic E-state index is 0.0444. The molecule has 8 heteroatoms. The first-order chi connectivity index (χ1) is 8.68. The highest BCUT2D eigenvalue weighted by molar-refractivity contribution is 9.10. The first-order valence-corrected chi connectivity index (χ1v) is 5.87. The molecule has 0 spiro atoms. The lowest BCUT2D eigenvalue weighted by Crippen LogP contribution is -2.14. The number of benzene rings is 1. The molecule has 0 aromatic heterocycles. The first-order valence-electron chi connectivity index (χ1n) is 5.08. The summed E-state index contributed by atoms with van der Waals surface area (Å²) in [7, 11) is 0. The summed E-state index contributed by atoms with van der Waals surface area (Å²) >= 11 is 2.91. The lowest BCUT2D eigenvalue weighted by molar-refractivity contribution is -0.138. The summed E-state index contributed by atoms with van der Waals surface area (Å²) < 4.78 is 37.7. The Kier molecular flexibility index (Phi) is 4.93. The van der Waals surface area contributed by atoms with Crippen LogP contribution in [0.1, 0.15) is 18.4 Å². The van der Waals surface area contributed by atoms with Crippen LogP contribution in [0.3, 0.4) is 0 Å². The third kappa shape index (κ3) is 5.29. The maximum Gasteiger partial charge on any atom is 0.416 e. The second kappa shape index (κ2) is 6.05. The summed E-state index contributed by atoms with van der Waals surface area (Å²) in [5, 5.41) is 10.6.